The van der Waals surface area contributed by atoms with E-state index in [-0.39, 0.29) is 0 Å². The molecule has 1 unspecified atom stereocenters. The third kappa shape index (κ3) is 6.17. The lowest BCUT2D eigenvalue weighted by atomic mass is 10.1. The summed E-state index contributed by atoms with van der Waals surface area (Å²) in [6.45, 7) is 11.4. The summed E-state index contributed by atoms with van der Waals surface area (Å²) >= 11 is 1.90. The van der Waals surface area contributed by atoms with Gasteiger partial charge in [0, 0.05) is 57.2 Å². The molecule has 6 nitrogen and oxygen atoms in total. The molecule has 3 heterocycles. The molecule has 1 saturated heterocycles. The first kappa shape index (κ1) is 20.6. The molecule has 1 atom stereocenters. The van der Waals surface area contributed by atoms with E-state index in [1.807, 2.05) is 11.3 Å². The lowest BCUT2D eigenvalue weighted by Gasteiger charge is -2.26. The van der Waals surface area contributed by atoms with Crippen molar-refractivity contribution in [2.75, 3.05) is 66.2 Å². The predicted molar refractivity (Wildman–Crippen MR) is 112 cm³/mol. The van der Waals surface area contributed by atoms with Crippen molar-refractivity contribution in [2.45, 2.75) is 26.3 Å². The van der Waals surface area contributed by atoms with Crippen LogP contribution in [0.5, 0.6) is 0 Å². The molecule has 2 aliphatic rings. The molecule has 1 aromatic heterocycles. The van der Waals surface area contributed by atoms with Crippen LogP contribution in [-0.4, -0.2) is 82.0 Å². The Bertz CT molecular complexity index is 592. The summed E-state index contributed by atoms with van der Waals surface area (Å²) < 4.78 is 10.7. The van der Waals surface area contributed by atoms with Crippen molar-refractivity contribution < 1.29 is 9.47 Å². The van der Waals surface area contributed by atoms with Gasteiger partial charge in [0.1, 0.15) is 0 Å². The third-order valence-electron chi connectivity index (χ3n) is 5.27. The molecule has 0 saturated carbocycles. The van der Waals surface area contributed by atoms with Crippen LogP contribution in [-0.2, 0) is 22.4 Å². The Labute approximate surface area is 167 Å². The molecule has 1 N–H and O–H groups in total. The summed E-state index contributed by atoms with van der Waals surface area (Å²) in [5.74, 6) is 1.65. The number of guanidine groups is 1. The van der Waals surface area contributed by atoms with Gasteiger partial charge in [0.15, 0.2) is 5.96 Å². The van der Waals surface area contributed by atoms with Gasteiger partial charge in [-0.2, -0.15) is 0 Å². The second-order valence-electron chi connectivity index (χ2n) is 7.30. The number of fused-ring (bicyclic) bond motifs is 1. The van der Waals surface area contributed by atoms with E-state index in [1.54, 1.807) is 12.0 Å². The molecule has 3 rings (SSSR count). The van der Waals surface area contributed by atoms with Gasteiger partial charge in [-0.05, 0) is 36.8 Å². The second-order valence-corrected chi connectivity index (χ2v) is 8.30. The number of nitrogens with zero attached hydrogens (tertiary/aromatic N) is 3. The minimum Gasteiger partial charge on any atom is -0.382 e. The molecule has 0 aromatic carbocycles. The summed E-state index contributed by atoms with van der Waals surface area (Å²) in [4.78, 5) is 11.4. The topological polar surface area (TPSA) is 49.3 Å². The van der Waals surface area contributed by atoms with Gasteiger partial charge in [-0.1, -0.05) is 0 Å². The minimum atomic E-state index is 0.588. The standard InChI is InChI=1S/C20H34N4O2S/c1-3-21-20(24-9-4-17(14-24)16-26-12-11-25-2)22-7-10-23-8-5-19-18(15-23)6-13-27-19/h6,13,17H,3-5,7-12,14-16H2,1-2H3,(H,21,22). The van der Waals surface area contributed by atoms with E-state index in [2.05, 4.69) is 33.5 Å². The Kier molecular flexibility index (Phi) is 8.38. The number of likely N-dealkylation sites (tertiary alicyclic amines) is 1. The maximum Gasteiger partial charge on any atom is 0.193 e. The Morgan fingerprint density at radius 1 is 1.37 bits per heavy atom. The molecule has 7 heteroatoms. The zero-order chi connectivity index (χ0) is 18.9. The van der Waals surface area contributed by atoms with Crippen molar-refractivity contribution in [1.82, 2.24) is 15.1 Å². The SMILES string of the molecule is CCNC(=NCCN1CCc2sccc2C1)N1CCC(COCCOC)C1. The van der Waals surface area contributed by atoms with E-state index in [0.717, 1.165) is 58.4 Å². The smallest absolute Gasteiger partial charge is 0.193 e. The molecule has 152 valence electrons. The van der Waals surface area contributed by atoms with Gasteiger partial charge in [-0.25, -0.2) is 0 Å². The van der Waals surface area contributed by atoms with Crippen LogP contribution in [0.3, 0.4) is 0 Å². The zero-order valence-corrected chi connectivity index (χ0v) is 17.6. The number of hydrogen-bond donors (Lipinski definition) is 1. The van der Waals surface area contributed by atoms with Crippen molar-refractivity contribution in [3.8, 4) is 0 Å². The lowest BCUT2D eigenvalue weighted by Crippen LogP contribution is -2.41. The molecule has 0 aliphatic carbocycles. The fourth-order valence-electron chi connectivity index (χ4n) is 3.77. The van der Waals surface area contributed by atoms with Gasteiger partial charge in [0.2, 0.25) is 0 Å². The molecular weight excluding hydrogens is 360 g/mol. The highest BCUT2D eigenvalue weighted by molar-refractivity contribution is 7.10. The van der Waals surface area contributed by atoms with Crippen LogP contribution in [0.4, 0.5) is 0 Å². The van der Waals surface area contributed by atoms with Gasteiger partial charge in [0.05, 0.1) is 26.4 Å². The molecule has 0 radical (unpaired) electrons. The number of aliphatic imine (C=N–C) groups is 1. The number of methoxy groups -OCH3 is 1. The second kappa shape index (κ2) is 11.0. The summed E-state index contributed by atoms with van der Waals surface area (Å²) in [6.07, 6.45) is 2.36. The lowest BCUT2D eigenvalue weighted by molar-refractivity contribution is 0.0536. The summed E-state index contributed by atoms with van der Waals surface area (Å²) in [7, 11) is 1.71. The van der Waals surface area contributed by atoms with Crippen LogP contribution in [0.1, 0.15) is 23.8 Å². The van der Waals surface area contributed by atoms with Crippen molar-refractivity contribution in [3.05, 3.63) is 21.9 Å². The highest BCUT2D eigenvalue weighted by Crippen LogP contribution is 2.23. The number of hydrogen-bond acceptors (Lipinski definition) is 5. The van der Waals surface area contributed by atoms with Gasteiger partial charge in [0.25, 0.3) is 0 Å². The largest absolute Gasteiger partial charge is 0.382 e. The van der Waals surface area contributed by atoms with Crippen LogP contribution < -0.4 is 5.32 Å². The van der Waals surface area contributed by atoms with Crippen LogP contribution in [0.25, 0.3) is 0 Å². The van der Waals surface area contributed by atoms with Crippen LogP contribution in [0, 0.1) is 5.92 Å². The zero-order valence-electron chi connectivity index (χ0n) is 16.8. The van der Waals surface area contributed by atoms with Crippen molar-refractivity contribution in [2.24, 2.45) is 10.9 Å². The first-order valence-electron chi connectivity index (χ1n) is 10.2. The molecule has 0 amide bonds. The van der Waals surface area contributed by atoms with Gasteiger partial charge in [-0.15, -0.1) is 11.3 Å². The Hall–Kier alpha value is -1.15. The van der Waals surface area contributed by atoms with Gasteiger partial charge < -0.3 is 19.7 Å². The molecule has 0 spiro atoms. The van der Waals surface area contributed by atoms with E-state index in [0.29, 0.717) is 19.1 Å². The van der Waals surface area contributed by atoms with Crippen LogP contribution >= 0.6 is 11.3 Å². The van der Waals surface area contributed by atoms with E-state index < -0.39 is 0 Å². The number of thiophene rings is 1. The van der Waals surface area contributed by atoms with E-state index >= 15 is 0 Å². The van der Waals surface area contributed by atoms with Gasteiger partial charge in [-0.3, -0.25) is 9.89 Å². The molecule has 2 aliphatic heterocycles. The molecule has 0 bridgehead atoms. The maximum atomic E-state index is 5.71. The quantitative estimate of drug-likeness (QED) is 0.395. The monoisotopic (exact) mass is 394 g/mol. The molecule has 1 fully saturated rings. The van der Waals surface area contributed by atoms with E-state index in [9.17, 15) is 0 Å². The van der Waals surface area contributed by atoms with Gasteiger partial charge >= 0.3 is 0 Å². The average molecular weight is 395 g/mol. The Balaban J connectivity index is 1.43. The molecule has 27 heavy (non-hydrogen) atoms. The first-order valence-corrected chi connectivity index (χ1v) is 11.1. The van der Waals surface area contributed by atoms with Crippen molar-refractivity contribution in [3.63, 3.8) is 0 Å². The molecule has 1 aromatic rings. The summed E-state index contributed by atoms with van der Waals surface area (Å²) in [5, 5.41) is 5.69. The summed E-state index contributed by atoms with van der Waals surface area (Å²) in [6, 6.07) is 2.28. The highest BCUT2D eigenvalue weighted by atomic mass is 32.1. The van der Waals surface area contributed by atoms with E-state index in [4.69, 9.17) is 14.5 Å². The fraction of sp³-hybridized carbons (Fsp3) is 0.750. The third-order valence-corrected chi connectivity index (χ3v) is 6.29. The Morgan fingerprint density at radius 3 is 3.15 bits per heavy atom. The average Bonchev–Trinajstić information content (AvgIpc) is 3.33. The normalized spacial score (nSPS) is 20.9. The number of nitrogens with one attached hydrogen (secondary N) is 1. The predicted octanol–water partition coefficient (Wildman–Crippen LogP) is 2.06. The minimum absolute atomic E-state index is 0.588. The van der Waals surface area contributed by atoms with E-state index in [1.165, 1.54) is 18.4 Å². The fourth-order valence-corrected chi connectivity index (χ4v) is 4.66. The Morgan fingerprint density at radius 2 is 2.30 bits per heavy atom. The van der Waals surface area contributed by atoms with Crippen LogP contribution in [0.15, 0.2) is 16.4 Å². The maximum absolute atomic E-state index is 5.71. The van der Waals surface area contributed by atoms with Crippen LogP contribution in [0.2, 0.25) is 0 Å². The number of rotatable bonds is 9. The number of ether oxygens (including phenoxy) is 2. The summed E-state index contributed by atoms with van der Waals surface area (Å²) in [5.41, 5.74) is 1.51. The molecular formula is C20H34N4O2S. The first-order chi connectivity index (χ1) is 13.3. The highest BCUT2D eigenvalue weighted by Gasteiger charge is 2.25. The van der Waals surface area contributed by atoms with Crippen molar-refractivity contribution in [1.29, 1.82) is 0 Å². The van der Waals surface area contributed by atoms with Crippen molar-refractivity contribution >= 4 is 17.3 Å².